The fourth-order valence-corrected chi connectivity index (χ4v) is 3.27. The molecule has 4 aromatic rings. The number of nitrogens with one attached hydrogen (secondary N) is 1. The number of pyridine rings is 2. The van der Waals surface area contributed by atoms with E-state index < -0.39 is 0 Å². The van der Waals surface area contributed by atoms with Gasteiger partial charge in [0.1, 0.15) is 6.67 Å². The van der Waals surface area contributed by atoms with E-state index in [1.165, 1.54) is 0 Å². The molecule has 0 aliphatic carbocycles. The van der Waals surface area contributed by atoms with E-state index in [0.29, 0.717) is 31.1 Å². The van der Waals surface area contributed by atoms with Gasteiger partial charge in [0.05, 0.1) is 29.5 Å². The van der Waals surface area contributed by atoms with Crippen LogP contribution in [0.5, 0.6) is 0 Å². The quantitative estimate of drug-likeness (QED) is 0.406. The first-order valence-corrected chi connectivity index (χ1v) is 9.96. The van der Waals surface area contributed by atoms with Crippen molar-refractivity contribution in [2.45, 2.75) is 6.54 Å². The maximum absolute atomic E-state index is 4.80. The lowest BCUT2D eigenvalue weighted by Gasteiger charge is -2.21. The molecule has 1 N–H and O–H groups in total. The number of aromatic nitrogens is 6. The van der Waals surface area contributed by atoms with Crippen molar-refractivity contribution in [3.05, 3.63) is 67.4 Å². The predicted molar refractivity (Wildman–Crippen MR) is 127 cm³/mol. The lowest BCUT2D eigenvalue weighted by molar-refractivity contribution is 0.777. The number of aliphatic imine (C=N–C) groups is 1. The predicted octanol–water partition coefficient (Wildman–Crippen LogP) is 2.70. The smallest absolute Gasteiger partial charge is 0.241 e. The van der Waals surface area contributed by atoms with Gasteiger partial charge < -0.3 is 15.1 Å². The van der Waals surface area contributed by atoms with Gasteiger partial charge in [-0.15, -0.1) is 0 Å². The summed E-state index contributed by atoms with van der Waals surface area (Å²) < 4.78 is 1.97. The zero-order valence-corrected chi connectivity index (χ0v) is 18.0. The lowest BCUT2D eigenvalue weighted by Crippen LogP contribution is -2.24. The minimum Gasteiger partial charge on any atom is -0.386 e. The first-order valence-electron chi connectivity index (χ1n) is 9.96. The molecule has 0 saturated carbocycles. The third kappa shape index (κ3) is 4.10. The first kappa shape index (κ1) is 20.9. The highest BCUT2D eigenvalue weighted by atomic mass is 15.4. The van der Waals surface area contributed by atoms with Crippen molar-refractivity contribution in [2.75, 3.05) is 30.6 Å². The molecular formula is C22H24N10. The Hall–Kier alpha value is -4.34. The highest BCUT2D eigenvalue weighted by Gasteiger charge is 2.19. The summed E-state index contributed by atoms with van der Waals surface area (Å²) in [5, 5.41) is 3.15. The summed E-state index contributed by atoms with van der Waals surface area (Å²) in [6.45, 7) is 8.21. The van der Waals surface area contributed by atoms with Crippen LogP contribution < -0.4 is 15.1 Å². The molecule has 0 atom stereocenters. The van der Waals surface area contributed by atoms with E-state index in [1.54, 1.807) is 24.8 Å². The molecule has 0 fully saturated rings. The average molecular weight is 429 g/mol. The Morgan fingerprint density at radius 1 is 1.12 bits per heavy atom. The van der Waals surface area contributed by atoms with Crippen molar-refractivity contribution in [1.82, 2.24) is 34.8 Å². The van der Waals surface area contributed by atoms with Crippen LogP contribution in [-0.2, 0) is 6.54 Å². The van der Waals surface area contributed by atoms with Crippen LogP contribution in [0.15, 0.2) is 66.7 Å². The van der Waals surface area contributed by atoms with E-state index in [9.17, 15) is 0 Å². The molecule has 0 aliphatic heterocycles. The fourth-order valence-electron chi connectivity index (χ4n) is 3.27. The Morgan fingerprint density at radius 2 is 1.94 bits per heavy atom. The highest BCUT2D eigenvalue weighted by Crippen LogP contribution is 2.25. The summed E-state index contributed by atoms with van der Waals surface area (Å²) in [6.07, 6.45) is 6.90. The van der Waals surface area contributed by atoms with Crippen LogP contribution in [0.4, 0.5) is 17.6 Å². The van der Waals surface area contributed by atoms with Gasteiger partial charge in [-0.3, -0.25) is 19.5 Å². The first-order chi connectivity index (χ1) is 15.6. The molecule has 10 nitrogen and oxygen atoms in total. The van der Waals surface area contributed by atoms with Gasteiger partial charge in [0, 0.05) is 32.2 Å². The Kier molecular flexibility index (Phi) is 6.02. The van der Waals surface area contributed by atoms with E-state index in [4.69, 9.17) is 9.97 Å². The van der Waals surface area contributed by atoms with Crippen LogP contribution in [0.2, 0.25) is 0 Å². The number of nitrogens with zero attached hydrogens (tertiary/aromatic N) is 9. The van der Waals surface area contributed by atoms with Crippen LogP contribution >= 0.6 is 0 Å². The molecule has 0 bridgehead atoms. The van der Waals surface area contributed by atoms with Gasteiger partial charge in [0.25, 0.3) is 0 Å². The molecule has 4 aromatic heterocycles. The van der Waals surface area contributed by atoms with Crippen molar-refractivity contribution in [3.8, 4) is 5.95 Å². The van der Waals surface area contributed by atoms with E-state index in [2.05, 4.69) is 38.6 Å². The van der Waals surface area contributed by atoms with Crippen molar-refractivity contribution in [3.63, 3.8) is 0 Å². The van der Waals surface area contributed by atoms with E-state index in [1.807, 2.05) is 58.8 Å². The van der Waals surface area contributed by atoms with Crippen molar-refractivity contribution in [1.29, 1.82) is 0 Å². The normalized spacial score (nSPS) is 10.7. The molecule has 32 heavy (non-hydrogen) atoms. The molecule has 10 heteroatoms. The largest absolute Gasteiger partial charge is 0.386 e. The summed E-state index contributed by atoms with van der Waals surface area (Å²) in [5.41, 5.74) is 3.53. The molecule has 4 rings (SSSR count). The van der Waals surface area contributed by atoms with E-state index >= 15 is 0 Å². The monoisotopic (exact) mass is 428 g/mol. The van der Waals surface area contributed by atoms with Gasteiger partial charge in [-0.25, -0.2) is 0 Å². The van der Waals surface area contributed by atoms with Gasteiger partial charge in [-0.05, 0) is 43.2 Å². The lowest BCUT2D eigenvalue weighted by atomic mass is 10.4. The number of hydrogen-bond donors (Lipinski definition) is 1. The maximum Gasteiger partial charge on any atom is 0.241 e. The van der Waals surface area contributed by atoms with Gasteiger partial charge >= 0.3 is 0 Å². The molecular weight excluding hydrogens is 404 g/mol. The molecule has 4 heterocycles. The van der Waals surface area contributed by atoms with Crippen LogP contribution in [0.3, 0.4) is 0 Å². The number of hydrogen-bond acceptors (Lipinski definition) is 9. The van der Waals surface area contributed by atoms with Crippen LogP contribution in [0.25, 0.3) is 17.0 Å². The Bertz CT molecular complexity index is 1230. The standard InChI is InChI=1S/C22H24N10/c1-5-24-14-17-12-18-19(9-7-11-26-18)32(17)22-28-20(30(3)15-23-2)27-21(29-22)31(4)16-8-6-10-25-13-16/h5-13,24H,1-2,14-15H2,3-4H3. The minimum atomic E-state index is 0.346. The van der Waals surface area contributed by atoms with E-state index in [0.717, 1.165) is 22.4 Å². The van der Waals surface area contributed by atoms with Gasteiger partial charge in [-0.2, -0.15) is 15.0 Å². The number of rotatable bonds is 9. The topological polar surface area (TPSA) is 100 Å². The van der Waals surface area contributed by atoms with Crippen LogP contribution in [-0.4, -0.2) is 57.0 Å². The Labute approximate surface area is 186 Å². The third-order valence-electron chi connectivity index (χ3n) is 4.86. The van der Waals surface area contributed by atoms with Crippen LogP contribution in [0, 0.1) is 0 Å². The van der Waals surface area contributed by atoms with E-state index in [-0.39, 0.29) is 0 Å². The molecule has 0 aliphatic rings. The third-order valence-corrected chi connectivity index (χ3v) is 4.86. The van der Waals surface area contributed by atoms with Crippen molar-refractivity contribution >= 4 is 35.3 Å². The highest BCUT2D eigenvalue weighted by molar-refractivity contribution is 5.78. The second kappa shape index (κ2) is 9.21. The SMILES string of the molecule is C=CNCc1cc2ncccc2n1-c1nc(N(C)CN=C)nc(N(C)c2cccnc2)n1. The van der Waals surface area contributed by atoms with Gasteiger partial charge in [-0.1, -0.05) is 6.58 Å². The molecule has 0 aromatic carbocycles. The Balaban J connectivity index is 1.91. The molecule has 0 saturated heterocycles. The summed E-state index contributed by atoms with van der Waals surface area (Å²) >= 11 is 0. The summed E-state index contributed by atoms with van der Waals surface area (Å²) in [5.74, 6) is 1.42. The van der Waals surface area contributed by atoms with Crippen LogP contribution in [0.1, 0.15) is 5.69 Å². The van der Waals surface area contributed by atoms with Crippen molar-refractivity contribution < 1.29 is 0 Å². The zero-order valence-electron chi connectivity index (χ0n) is 18.0. The number of fused-ring (bicyclic) bond motifs is 1. The molecule has 0 spiro atoms. The summed E-state index contributed by atoms with van der Waals surface area (Å²) in [7, 11) is 3.75. The fraction of sp³-hybridized carbons (Fsp3) is 0.182. The second-order valence-corrected chi connectivity index (χ2v) is 7.03. The molecule has 162 valence electrons. The number of anilines is 3. The maximum atomic E-state index is 4.80. The summed E-state index contributed by atoms with van der Waals surface area (Å²) in [6, 6.07) is 9.70. The zero-order chi connectivity index (χ0) is 22.5. The molecule has 0 amide bonds. The Morgan fingerprint density at radius 3 is 2.69 bits per heavy atom. The summed E-state index contributed by atoms with van der Waals surface area (Å²) in [4.78, 5) is 30.5. The minimum absolute atomic E-state index is 0.346. The molecule has 0 unspecified atom stereocenters. The second-order valence-electron chi connectivity index (χ2n) is 7.03. The molecule has 0 radical (unpaired) electrons. The van der Waals surface area contributed by atoms with Gasteiger partial charge in [0.15, 0.2) is 0 Å². The van der Waals surface area contributed by atoms with Crippen molar-refractivity contribution in [2.24, 2.45) is 4.99 Å². The van der Waals surface area contributed by atoms with Gasteiger partial charge in [0.2, 0.25) is 17.8 Å². The average Bonchev–Trinajstić information content (AvgIpc) is 3.21.